The van der Waals surface area contributed by atoms with Gasteiger partial charge in [-0.05, 0) is 11.1 Å². The first kappa shape index (κ1) is 12.9. The van der Waals surface area contributed by atoms with Gasteiger partial charge in [-0.1, -0.05) is 65.8 Å². The molecule has 1 aliphatic heterocycles. The van der Waals surface area contributed by atoms with Gasteiger partial charge in [-0.15, -0.1) is 0 Å². The number of hydrogen-bond acceptors (Lipinski definition) is 3. The van der Waals surface area contributed by atoms with Gasteiger partial charge in [0.2, 0.25) is 0 Å². The quantitative estimate of drug-likeness (QED) is 0.923. The number of oxime groups is 1. The molecule has 0 saturated carbocycles. The van der Waals surface area contributed by atoms with E-state index in [0.717, 1.165) is 23.3 Å². The van der Waals surface area contributed by atoms with Crippen LogP contribution >= 0.6 is 0 Å². The Bertz CT molecular complexity index is 580. The summed E-state index contributed by atoms with van der Waals surface area (Å²) in [6.45, 7) is 0. The second kappa shape index (κ2) is 5.88. The summed E-state index contributed by atoms with van der Waals surface area (Å²) < 4.78 is 0. The summed E-state index contributed by atoms with van der Waals surface area (Å²) in [4.78, 5) is 5.44. The van der Waals surface area contributed by atoms with Gasteiger partial charge in [0.05, 0.1) is 11.8 Å². The predicted molar refractivity (Wildman–Crippen MR) is 78.5 cm³/mol. The molecule has 2 aromatic carbocycles. The van der Waals surface area contributed by atoms with Gasteiger partial charge in [-0.3, -0.25) is 0 Å². The van der Waals surface area contributed by atoms with E-state index in [1.54, 1.807) is 0 Å². The highest BCUT2D eigenvalue weighted by Gasteiger charge is 2.25. The first-order valence-corrected chi connectivity index (χ1v) is 6.84. The fraction of sp³-hybridized carbons (Fsp3) is 0.235. The van der Waals surface area contributed by atoms with E-state index in [1.807, 2.05) is 60.7 Å². The van der Waals surface area contributed by atoms with E-state index >= 15 is 0 Å². The molecule has 1 heterocycles. The van der Waals surface area contributed by atoms with Crippen LogP contribution in [0.15, 0.2) is 65.8 Å². The summed E-state index contributed by atoms with van der Waals surface area (Å²) >= 11 is 0. The van der Waals surface area contributed by atoms with Crippen LogP contribution in [0.1, 0.15) is 30.1 Å². The Morgan fingerprint density at radius 2 is 1.70 bits per heavy atom. The zero-order valence-corrected chi connectivity index (χ0v) is 11.1. The van der Waals surface area contributed by atoms with Crippen LogP contribution in [-0.2, 0) is 4.84 Å². The summed E-state index contributed by atoms with van der Waals surface area (Å²) in [5.41, 5.74) is 2.96. The number of aliphatic hydroxyl groups excluding tert-OH is 1. The van der Waals surface area contributed by atoms with Crippen molar-refractivity contribution in [2.45, 2.75) is 25.0 Å². The van der Waals surface area contributed by atoms with Crippen molar-refractivity contribution >= 4 is 5.71 Å². The SMILES string of the molecule is O[C@H](C[C@@H]1CC(c2ccccc2)=NO1)c1ccccc1. The highest BCUT2D eigenvalue weighted by molar-refractivity contribution is 6.01. The minimum absolute atomic E-state index is 0.0552. The van der Waals surface area contributed by atoms with Gasteiger partial charge in [0.1, 0.15) is 6.10 Å². The number of aliphatic hydroxyl groups is 1. The van der Waals surface area contributed by atoms with Crippen molar-refractivity contribution in [3.8, 4) is 0 Å². The lowest BCUT2D eigenvalue weighted by atomic mass is 9.98. The molecule has 3 nitrogen and oxygen atoms in total. The van der Waals surface area contributed by atoms with Gasteiger partial charge in [0.15, 0.2) is 0 Å². The maximum absolute atomic E-state index is 10.2. The third-order valence-electron chi connectivity index (χ3n) is 3.51. The zero-order chi connectivity index (χ0) is 13.8. The lowest BCUT2D eigenvalue weighted by molar-refractivity contribution is 0.0363. The predicted octanol–water partition coefficient (Wildman–Crippen LogP) is 3.30. The molecule has 1 N–H and O–H groups in total. The molecule has 0 bridgehead atoms. The standard InChI is InChI=1S/C17H17NO2/c19-17(14-9-5-2-6-10-14)12-15-11-16(18-20-15)13-7-3-1-4-8-13/h1-10,15,17,19H,11-12H2/t15-,17+/m0/s1. The van der Waals surface area contributed by atoms with E-state index in [0.29, 0.717) is 6.42 Å². The van der Waals surface area contributed by atoms with Crippen LogP contribution in [0.4, 0.5) is 0 Å². The number of benzene rings is 2. The summed E-state index contributed by atoms with van der Waals surface area (Å²) in [5, 5.41) is 14.3. The number of nitrogens with zero attached hydrogens (tertiary/aromatic N) is 1. The smallest absolute Gasteiger partial charge is 0.136 e. The Kier molecular flexibility index (Phi) is 3.79. The van der Waals surface area contributed by atoms with Gasteiger partial charge >= 0.3 is 0 Å². The molecule has 3 rings (SSSR count). The molecule has 0 aliphatic carbocycles. The van der Waals surface area contributed by atoms with E-state index in [9.17, 15) is 5.11 Å². The van der Waals surface area contributed by atoms with E-state index < -0.39 is 6.10 Å². The van der Waals surface area contributed by atoms with E-state index in [1.165, 1.54) is 0 Å². The normalized spacial score (nSPS) is 19.2. The minimum Gasteiger partial charge on any atom is -0.392 e. The second-order valence-electron chi connectivity index (χ2n) is 5.00. The van der Waals surface area contributed by atoms with Crippen LogP contribution < -0.4 is 0 Å². The lowest BCUT2D eigenvalue weighted by Gasteiger charge is -2.14. The van der Waals surface area contributed by atoms with Crippen LogP contribution in [0, 0.1) is 0 Å². The van der Waals surface area contributed by atoms with Gasteiger partial charge in [0, 0.05) is 12.8 Å². The van der Waals surface area contributed by atoms with E-state index in [-0.39, 0.29) is 6.10 Å². The molecule has 20 heavy (non-hydrogen) atoms. The fourth-order valence-electron chi connectivity index (χ4n) is 2.42. The Morgan fingerprint density at radius 3 is 2.40 bits per heavy atom. The third kappa shape index (κ3) is 2.89. The molecule has 0 amide bonds. The number of hydrogen-bond donors (Lipinski definition) is 1. The highest BCUT2D eigenvalue weighted by atomic mass is 16.6. The van der Waals surface area contributed by atoms with E-state index in [4.69, 9.17) is 4.84 Å². The molecular formula is C17H17NO2. The Balaban J connectivity index is 1.60. The summed E-state index contributed by atoms with van der Waals surface area (Å²) in [6, 6.07) is 19.7. The minimum atomic E-state index is -0.508. The van der Waals surface area contributed by atoms with Crippen molar-refractivity contribution in [1.82, 2.24) is 0 Å². The molecule has 0 radical (unpaired) electrons. The maximum atomic E-state index is 10.2. The lowest BCUT2D eigenvalue weighted by Crippen LogP contribution is -2.13. The molecular weight excluding hydrogens is 250 g/mol. The van der Waals surface area contributed by atoms with Gasteiger partial charge in [0.25, 0.3) is 0 Å². The zero-order valence-electron chi connectivity index (χ0n) is 11.1. The van der Waals surface area contributed by atoms with Crippen LogP contribution in [0.5, 0.6) is 0 Å². The molecule has 2 atom stereocenters. The monoisotopic (exact) mass is 267 g/mol. The Hall–Kier alpha value is -2.13. The van der Waals surface area contributed by atoms with Gasteiger partial charge in [-0.25, -0.2) is 0 Å². The molecule has 0 fully saturated rings. The van der Waals surface area contributed by atoms with Crippen molar-refractivity contribution in [2.24, 2.45) is 5.16 Å². The highest BCUT2D eigenvalue weighted by Crippen LogP contribution is 2.25. The second-order valence-corrected chi connectivity index (χ2v) is 5.00. The number of rotatable bonds is 4. The molecule has 1 aliphatic rings. The first-order chi connectivity index (χ1) is 9.83. The average molecular weight is 267 g/mol. The topological polar surface area (TPSA) is 41.8 Å². The van der Waals surface area contributed by atoms with Crippen molar-refractivity contribution in [3.63, 3.8) is 0 Å². The summed E-state index contributed by atoms with van der Waals surface area (Å²) in [6.07, 6.45) is 0.740. The molecule has 0 spiro atoms. The van der Waals surface area contributed by atoms with Crippen molar-refractivity contribution in [2.75, 3.05) is 0 Å². The van der Waals surface area contributed by atoms with Gasteiger partial charge in [-0.2, -0.15) is 0 Å². The summed E-state index contributed by atoms with van der Waals surface area (Å²) in [5.74, 6) is 0. The van der Waals surface area contributed by atoms with Crippen LogP contribution in [0.2, 0.25) is 0 Å². The van der Waals surface area contributed by atoms with Crippen molar-refractivity contribution < 1.29 is 9.94 Å². The van der Waals surface area contributed by atoms with Crippen molar-refractivity contribution in [3.05, 3.63) is 71.8 Å². The summed E-state index contributed by atoms with van der Waals surface area (Å²) in [7, 11) is 0. The Morgan fingerprint density at radius 1 is 1.05 bits per heavy atom. The molecule has 2 aromatic rings. The Labute approximate surface area is 118 Å². The molecule has 3 heteroatoms. The van der Waals surface area contributed by atoms with Crippen molar-refractivity contribution in [1.29, 1.82) is 0 Å². The van der Waals surface area contributed by atoms with Crippen LogP contribution in [-0.4, -0.2) is 16.9 Å². The van der Waals surface area contributed by atoms with Crippen LogP contribution in [0.3, 0.4) is 0 Å². The van der Waals surface area contributed by atoms with Gasteiger partial charge < -0.3 is 9.94 Å². The molecule has 102 valence electrons. The van der Waals surface area contributed by atoms with Crippen LogP contribution in [0.25, 0.3) is 0 Å². The molecule has 0 unspecified atom stereocenters. The largest absolute Gasteiger partial charge is 0.392 e. The van der Waals surface area contributed by atoms with E-state index in [2.05, 4.69) is 5.16 Å². The molecule has 0 saturated heterocycles. The third-order valence-corrected chi connectivity index (χ3v) is 3.51. The molecule has 0 aromatic heterocycles. The fourth-order valence-corrected chi connectivity index (χ4v) is 2.42. The first-order valence-electron chi connectivity index (χ1n) is 6.84. The average Bonchev–Trinajstić information content (AvgIpc) is 2.97. The maximum Gasteiger partial charge on any atom is 0.136 e.